The van der Waals surface area contributed by atoms with Gasteiger partial charge < -0.3 is 5.11 Å². The van der Waals surface area contributed by atoms with Crippen LogP contribution in [0.3, 0.4) is 0 Å². The summed E-state index contributed by atoms with van der Waals surface area (Å²) in [5.74, 6) is 0. The van der Waals surface area contributed by atoms with Gasteiger partial charge in [-0.2, -0.15) is 5.10 Å². The van der Waals surface area contributed by atoms with E-state index in [1.807, 2.05) is 36.3 Å². The van der Waals surface area contributed by atoms with Gasteiger partial charge in [-0.3, -0.25) is 4.68 Å². The van der Waals surface area contributed by atoms with Crippen LogP contribution in [0.4, 0.5) is 0 Å². The van der Waals surface area contributed by atoms with Crippen molar-refractivity contribution in [2.45, 2.75) is 39.3 Å². The van der Waals surface area contributed by atoms with Gasteiger partial charge in [0, 0.05) is 36.7 Å². The molecule has 0 saturated carbocycles. The van der Waals surface area contributed by atoms with Crippen LogP contribution in [-0.4, -0.2) is 26.0 Å². The molecule has 0 fully saturated rings. The predicted molar refractivity (Wildman–Crippen MR) is 68.2 cm³/mol. The summed E-state index contributed by atoms with van der Waals surface area (Å²) < 4.78 is 1.87. The van der Waals surface area contributed by atoms with Crippen molar-refractivity contribution in [2.24, 2.45) is 0 Å². The van der Waals surface area contributed by atoms with Crippen LogP contribution in [0.2, 0.25) is 0 Å². The summed E-state index contributed by atoms with van der Waals surface area (Å²) in [6.07, 6.45) is 4.68. The van der Waals surface area contributed by atoms with Gasteiger partial charge in [-0.05, 0) is 19.4 Å². The summed E-state index contributed by atoms with van der Waals surface area (Å²) >= 11 is 1.61. The molecule has 0 aromatic carbocycles. The van der Waals surface area contributed by atoms with Crippen LogP contribution in [0.5, 0.6) is 0 Å². The summed E-state index contributed by atoms with van der Waals surface area (Å²) in [6.45, 7) is 4.88. The van der Waals surface area contributed by atoms with Gasteiger partial charge in [0.05, 0.1) is 17.3 Å². The third-order valence-corrected chi connectivity index (χ3v) is 3.55. The molecule has 0 spiro atoms. The van der Waals surface area contributed by atoms with E-state index in [2.05, 4.69) is 10.1 Å². The fourth-order valence-electron chi connectivity index (χ4n) is 1.73. The van der Waals surface area contributed by atoms with Crippen LogP contribution in [0.15, 0.2) is 17.8 Å². The lowest BCUT2D eigenvalue weighted by atomic mass is 10.1. The SMILES string of the molecule is CCn1cc(CC(O)Cc2nc(C)cs2)cn1. The zero-order valence-electron chi connectivity index (χ0n) is 10.1. The molecule has 2 aromatic heterocycles. The summed E-state index contributed by atoms with van der Waals surface area (Å²) in [4.78, 5) is 4.35. The predicted octanol–water partition coefficient (Wildman–Crippen LogP) is 1.81. The molecule has 5 heteroatoms. The first kappa shape index (κ1) is 12.3. The summed E-state index contributed by atoms with van der Waals surface area (Å²) in [6, 6.07) is 0. The molecule has 0 radical (unpaired) electrons. The van der Waals surface area contributed by atoms with Gasteiger partial charge in [0.2, 0.25) is 0 Å². The largest absolute Gasteiger partial charge is 0.392 e. The lowest BCUT2D eigenvalue weighted by Gasteiger charge is -2.06. The van der Waals surface area contributed by atoms with Crippen LogP contribution >= 0.6 is 11.3 Å². The third kappa shape index (κ3) is 3.38. The fourth-order valence-corrected chi connectivity index (χ4v) is 2.57. The molecule has 0 aliphatic heterocycles. The Bertz CT molecular complexity index is 478. The van der Waals surface area contributed by atoms with E-state index in [-0.39, 0.29) is 6.10 Å². The molecule has 1 N–H and O–H groups in total. The van der Waals surface area contributed by atoms with Crippen molar-refractivity contribution < 1.29 is 5.11 Å². The van der Waals surface area contributed by atoms with Crippen LogP contribution in [-0.2, 0) is 19.4 Å². The second-order valence-electron chi connectivity index (χ2n) is 4.15. The normalized spacial score (nSPS) is 12.9. The molecule has 0 amide bonds. The number of thiazole rings is 1. The summed E-state index contributed by atoms with van der Waals surface area (Å²) in [5.41, 5.74) is 2.10. The molecule has 0 bridgehead atoms. The highest BCUT2D eigenvalue weighted by atomic mass is 32.1. The molecule has 4 nitrogen and oxygen atoms in total. The molecule has 0 aliphatic carbocycles. The number of hydrogen-bond donors (Lipinski definition) is 1. The van der Waals surface area contributed by atoms with Crippen LogP contribution < -0.4 is 0 Å². The number of aryl methyl sites for hydroxylation is 2. The Hall–Kier alpha value is -1.20. The van der Waals surface area contributed by atoms with E-state index in [1.54, 1.807) is 11.3 Å². The van der Waals surface area contributed by atoms with Gasteiger partial charge in [-0.1, -0.05) is 0 Å². The van der Waals surface area contributed by atoms with Crippen molar-refractivity contribution in [1.29, 1.82) is 0 Å². The highest BCUT2D eigenvalue weighted by Crippen LogP contribution is 2.13. The van der Waals surface area contributed by atoms with Crippen molar-refractivity contribution in [3.8, 4) is 0 Å². The minimum atomic E-state index is -0.380. The monoisotopic (exact) mass is 251 g/mol. The minimum Gasteiger partial charge on any atom is -0.392 e. The Morgan fingerprint density at radius 2 is 2.29 bits per heavy atom. The third-order valence-electron chi connectivity index (χ3n) is 2.56. The lowest BCUT2D eigenvalue weighted by molar-refractivity contribution is 0.175. The topological polar surface area (TPSA) is 50.9 Å². The average molecular weight is 251 g/mol. The van der Waals surface area contributed by atoms with E-state index < -0.39 is 0 Å². The molecule has 2 heterocycles. The van der Waals surface area contributed by atoms with Crippen LogP contribution in [0, 0.1) is 6.92 Å². The van der Waals surface area contributed by atoms with Crippen molar-refractivity contribution in [3.63, 3.8) is 0 Å². The second kappa shape index (κ2) is 5.42. The average Bonchev–Trinajstić information content (AvgIpc) is 2.88. The number of nitrogens with zero attached hydrogens (tertiary/aromatic N) is 3. The summed E-state index contributed by atoms with van der Waals surface area (Å²) in [5, 5.41) is 17.2. The number of hydrogen-bond acceptors (Lipinski definition) is 4. The first-order valence-corrected chi connectivity index (χ1v) is 6.65. The van der Waals surface area contributed by atoms with Crippen LogP contribution in [0.1, 0.15) is 23.2 Å². The van der Waals surface area contributed by atoms with Gasteiger partial charge in [0.15, 0.2) is 0 Å². The Morgan fingerprint density at radius 1 is 1.47 bits per heavy atom. The van der Waals surface area contributed by atoms with E-state index in [0.29, 0.717) is 12.8 Å². The highest BCUT2D eigenvalue weighted by molar-refractivity contribution is 7.09. The zero-order chi connectivity index (χ0) is 12.3. The van der Waals surface area contributed by atoms with Crippen LogP contribution in [0.25, 0.3) is 0 Å². The van der Waals surface area contributed by atoms with Gasteiger partial charge in [0.25, 0.3) is 0 Å². The van der Waals surface area contributed by atoms with Gasteiger partial charge in [0.1, 0.15) is 0 Å². The maximum Gasteiger partial charge on any atom is 0.0954 e. The Balaban J connectivity index is 1.90. The van der Waals surface area contributed by atoms with E-state index >= 15 is 0 Å². The number of rotatable bonds is 5. The number of aromatic nitrogens is 3. The second-order valence-corrected chi connectivity index (χ2v) is 5.09. The van der Waals surface area contributed by atoms with Gasteiger partial charge >= 0.3 is 0 Å². The number of aliphatic hydroxyl groups is 1. The quantitative estimate of drug-likeness (QED) is 0.881. The van der Waals surface area contributed by atoms with E-state index in [4.69, 9.17) is 0 Å². The van der Waals surface area contributed by atoms with Crippen molar-refractivity contribution in [2.75, 3.05) is 0 Å². The standard InChI is InChI=1S/C12H17N3OS/c1-3-15-7-10(6-13-15)4-11(16)5-12-14-9(2)8-17-12/h6-8,11,16H,3-5H2,1-2H3. The van der Waals surface area contributed by atoms with Crippen molar-refractivity contribution in [3.05, 3.63) is 34.0 Å². The Kier molecular flexibility index (Phi) is 3.91. The van der Waals surface area contributed by atoms with Crippen molar-refractivity contribution in [1.82, 2.24) is 14.8 Å². The first-order valence-electron chi connectivity index (χ1n) is 5.77. The smallest absolute Gasteiger partial charge is 0.0954 e. The summed E-state index contributed by atoms with van der Waals surface area (Å²) in [7, 11) is 0. The van der Waals surface area contributed by atoms with Gasteiger partial charge in [-0.25, -0.2) is 4.98 Å². The molecule has 0 aliphatic rings. The highest BCUT2D eigenvalue weighted by Gasteiger charge is 2.10. The molecule has 92 valence electrons. The molecule has 1 atom stereocenters. The molecule has 0 saturated heterocycles. The molecule has 1 unspecified atom stereocenters. The fraction of sp³-hybridized carbons (Fsp3) is 0.500. The van der Waals surface area contributed by atoms with Crippen molar-refractivity contribution >= 4 is 11.3 Å². The maximum atomic E-state index is 9.98. The van der Waals surface area contributed by atoms with E-state index in [1.165, 1.54) is 0 Å². The number of aliphatic hydroxyl groups excluding tert-OH is 1. The molecule has 2 aromatic rings. The van der Waals surface area contributed by atoms with E-state index in [0.717, 1.165) is 22.8 Å². The molecular weight excluding hydrogens is 234 g/mol. The maximum absolute atomic E-state index is 9.98. The lowest BCUT2D eigenvalue weighted by Crippen LogP contribution is -2.13. The molecule has 17 heavy (non-hydrogen) atoms. The molecular formula is C12H17N3OS. The first-order chi connectivity index (χ1) is 8.17. The molecule has 2 rings (SSSR count). The minimum absolute atomic E-state index is 0.380. The Labute approximate surface area is 105 Å². The van der Waals surface area contributed by atoms with Gasteiger partial charge in [-0.15, -0.1) is 11.3 Å². The zero-order valence-corrected chi connectivity index (χ0v) is 10.9. The Morgan fingerprint density at radius 3 is 2.88 bits per heavy atom. The van der Waals surface area contributed by atoms with E-state index in [9.17, 15) is 5.11 Å².